The number of thiophene rings is 1. The van der Waals surface area contributed by atoms with E-state index in [9.17, 15) is 4.79 Å². The molecular weight excluding hydrogens is 296 g/mol. The van der Waals surface area contributed by atoms with E-state index in [2.05, 4.69) is 10.2 Å². The maximum absolute atomic E-state index is 12.1. The van der Waals surface area contributed by atoms with Crippen LogP contribution in [0.1, 0.15) is 21.7 Å². The zero-order valence-electron chi connectivity index (χ0n) is 12.6. The number of anilines is 1. The fraction of sp³-hybridized carbons (Fsp3) is 0.353. The summed E-state index contributed by atoms with van der Waals surface area (Å²) < 4.78 is 5.39. The number of ether oxygens (including phenoxy) is 1. The van der Waals surface area contributed by atoms with Crippen LogP contribution in [-0.2, 0) is 11.3 Å². The quantitative estimate of drug-likeness (QED) is 0.922. The van der Waals surface area contributed by atoms with E-state index in [0.29, 0.717) is 18.2 Å². The monoisotopic (exact) mass is 316 g/mol. The van der Waals surface area contributed by atoms with Gasteiger partial charge in [0.15, 0.2) is 0 Å². The summed E-state index contributed by atoms with van der Waals surface area (Å²) in [5.74, 6) is -0.0314. The van der Waals surface area contributed by atoms with Crippen LogP contribution in [0.25, 0.3) is 0 Å². The minimum absolute atomic E-state index is 0.0314. The molecule has 2 heterocycles. The van der Waals surface area contributed by atoms with Gasteiger partial charge in [-0.25, -0.2) is 0 Å². The van der Waals surface area contributed by atoms with Gasteiger partial charge in [0.05, 0.1) is 12.6 Å². The molecule has 5 heteroatoms. The standard InChI is InChI=1S/C17H20N2O2S/c1-21-15-8-9-19(12-15)14-6-4-13(5-7-14)17(20)18-11-16-3-2-10-22-16/h2-7,10,15H,8-9,11-12H2,1H3,(H,18,20)/t15-/m1/s1. The Morgan fingerprint density at radius 3 is 2.82 bits per heavy atom. The van der Waals surface area contributed by atoms with Crippen molar-refractivity contribution in [3.63, 3.8) is 0 Å². The van der Waals surface area contributed by atoms with Crippen molar-refractivity contribution in [3.05, 3.63) is 52.2 Å². The van der Waals surface area contributed by atoms with E-state index in [1.807, 2.05) is 41.8 Å². The minimum atomic E-state index is -0.0314. The van der Waals surface area contributed by atoms with Crippen LogP contribution in [0.15, 0.2) is 41.8 Å². The van der Waals surface area contributed by atoms with Gasteiger partial charge in [0.25, 0.3) is 5.91 Å². The van der Waals surface area contributed by atoms with Crippen molar-refractivity contribution in [2.24, 2.45) is 0 Å². The largest absolute Gasteiger partial charge is 0.380 e. The van der Waals surface area contributed by atoms with Crippen LogP contribution in [0.5, 0.6) is 0 Å². The molecule has 1 atom stereocenters. The SMILES string of the molecule is CO[C@@H]1CCN(c2ccc(C(=O)NCc3cccs3)cc2)C1. The van der Waals surface area contributed by atoms with E-state index < -0.39 is 0 Å². The fourth-order valence-corrected chi connectivity index (χ4v) is 3.31. The highest BCUT2D eigenvalue weighted by Gasteiger charge is 2.22. The Morgan fingerprint density at radius 1 is 1.36 bits per heavy atom. The van der Waals surface area contributed by atoms with Gasteiger partial charge in [-0.1, -0.05) is 6.07 Å². The number of hydrogen-bond donors (Lipinski definition) is 1. The average Bonchev–Trinajstić information content (AvgIpc) is 3.24. The van der Waals surface area contributed by atoms with E-state index in [-0.39, 0.29) is 5.91 Å². The number of rotatable bonds is 5. The molecule has 1 fully saturated rings. The number of amides is 1. The van der Waals surface area contributed by atoms with Crippen LogP contribution in [0.4, 0.5) is 5.69 Å². The van der Waals surface area contributed by atoms with Crippen molar-refractivity contribution in [3.8, 4) is 0 Å². The first-order chi connectivity index (χ1) is 10.8. The van der Waals surface area contributed by atoms with Gasteiger partial charge >= 0.3 is 0 Å². The summed E-state index contributed by atoms with van der Waals surface area (Å²) in [5.41, 5.74) is 1.84. The molecule has 0 unspecified atom stereocenters. The van der Waals surface area contributed by atoms with Gasteiger partial charge in [0.1, 0.15) is 0 Å². The normalized spacial score (nSPS) is 17.7. The predicted molar refractivity (Wildman–Crippen MR) is 89.6 cm³/mol. The van der Waals surface area contributed by atoms with Crippen molar-refractivity contribution < 1.29 is 9.53 Å². The van der Waals surface area contributed by atoms with E-state index in [1.165, 1.54) is 0 Å². The lowest BCUT2D eigenvalue weighted by Gasteiger charge is -2.18. The predicted octanol–water partition coefficient (Wildman–Crippen LogP) is 2.90. The maximum atomic E-state index is 12.1. The molecule has 116 valence electrons. The fourth-order valence-electron chi connectivity index (χ4n) is 2.66. The molecular formula is C17H20N2O2S. The van der Waals surface area contributed by atoms with Crippen LogP contribution >= 0.6 is 11.3 Å². The molecule has 1 saturated heterocycles. The molecule has 3 rings (SSSR count). The van der Waals surface area contributed by atoms with E-state index in [1.54, 1.807) is 18.4 Å². The van der Waals surface area contributed by atoms with Crippen molar-refractivity contribution in [2.75, 3.05) is 25.1 Å². The number of nitrogens with zero attached hydrogens (tertiary/aromatic N) is 1. The first kappa shape index (κ1) is 15.1. The second-order valence-electron chi connectivity index (χ2n) is 5.40. The lowest BCUT2D eigenvalue weighted by atomic mass is 10.2. The molecule has 1 aliphatic heterocycles. The molecule has 2 aromatic rings. The van der Waals surface area contributed by atoms with Gasteiger partial charge in [-0.05, 0) is 42.1 Å². The zero-order valence-corrected chi connectivity index (χ0v) is 13.4. The number of nitrogens with one attached hydrogen (secondary N) is 1. The number of hydrogen-bond acceptors (Lipinski definition) is 4. The molecule has 22 heavy (non-hydrogen) atoms. The smallest absolute Gasteiger partial charge is 0.251 e. The van der Waals surface area contributed by atoms with Crippen molar-refractivity contribution in [1.29, 1.82) is 0 Å². The van der Waals surface area contributed by atoms with Gasteiger partial charge < -0.3 is 15.0 Å². The molecule has 0 radical (unpaired) electrons. The Bertz CT molecular complexity index is 610. The van der Waals surface area contributed by atoms with Gasteiger partial charge in [0, 0.05) is 36.3 Å². The second-order valence-corrected chi connectivity index (χ2v) is 6.43. The Labute approximate surface area is 134 Å². The third-order valence-electron chi connectivity index (χ3n) is 3.98. The summed E-state index contributed by atoms with van der Waals surface area (Å²) in [7, 11) is 1.76. The molecule has 1 aliphatic rings. The van der Waals surface area contributed by atoms with Crippen LogP contribution in [-0.4, -0.2) is 32.2 Å². The van der Waals surface area contributed by atoms with Crippen LogP contribution in [0.3, 0.4) is 0 Å². The Hall–Kier alpha value is -1.85. The van der Waals surface area contributed by atoms with Gasteiger partial charge in [-0.3, -0.25) is 4.79 Å². The number of methoxy groups -OCH3 is 1. The number of carbonyl (C=O) groups excluding carboxylic acids is 1. The second kappa shape index (κ2) is 6.94. The first-order valence-electron chi connectivity index (χ1n) is 7.44. The number of carbonyl (C=O) groups is 1. The highest BCUT2D eigenvalue weighted by Crippen LogP contribution is 2.22. The van der Waals surface area contributed by atoms with Crippen molar-refractivity contribution >= 4 is 22.9 Å². The molecule has 0 saturated carbocycles. The third-order valence-corrected chi connectivity index (χ3v) is 4.85. The third kappa shape index (κ3) is 3.48. The van der Waals surface area contributed by atoms with Crippen LogP contribution in [0, 0.1) is 0 Å². The Balaban J connectivity index is 1.58. The molecule has 1 aromatic carbocycles. The van der Waals surface area contributed by atoms with Crippen molar-refractivity contribution in [1.82, 2.24) is 5.32 Å². The van der Waals surface area contributed by atoms with Gasteiger partial charge in [-0.15, -0.1) is 11.3 Å². The van der Waals surface area contributed by atoms with E-state index in [0.717, 1.165) is 30.1 Å². The molecule has 1 amide bonds. The molecule has 0 bridgehead atoms. The average molecular weight is 316 g/mol. The van der Waals surface area contributed by atoms with E-state index >= 15 is 0 Å². The topological polar surface area (TPSA) is 41.6 Å². The minimum Gasteiger partial charge on any atom is -0.380 e. The lowest BCUT2D eigenvalue weighted by molar-refractivity contribution is 0.0951. The Morgan fingerprint density at radius 2 is 2.18 bits per heavy atom. The first-order valence-corrected chi connectivity index (χ1v) is 8.32. The number of benzene rings is 1. The Kier molecular flexibility index (Phi) is 4.75. The lowest BCUT2D eigenvalue weighted by Crippen LogP contribution is -2.23. The maximum Gasteiger partial charge on any atom is 0.251 e. The van der Waals surface area contributed by atoms with E-state index in [4.69, 9.17) is 4.74 Å². The van der Waals surface area contributed by atoms with Gasteiger partial charge in [0.2, 0.25) is 0 Å². The summed E-state index contributed by atoms with van der Waals surface area (Å²) in [5, 5.41) is 4.96. The zero-order chi connectivity index (χ0) is 15.4. The van der Waals surface area contributed by atoms with Crippen molar-refractivity contribution in [2.45, 2.75) is 19.1 Å². The summed E-state index contributed by atoms with van der Waals surface area (Å²) >= 11 is 1.65. The summed E-state index contributed by atoms with van der Waals surface area (Å²) in [6, 6.07) is 11.8. The summed E-state index contributed by atoms with van der Waals surface area (Å²) in [6.45, 7) is 2.50. The molecule has 0 spiro atoms. The van der Waals surface area contributed by atoms with Gasteiger partial charge in [-0.2, -0.15) is 0 Å². The summed E-state index contributed by atoms with van der Waals surface area (Å²) in [6.07, 6.45) is 1.37. The highest BCUT2D eigenvalue weighted by molar-refractivity contribution is 7.09. The summed E-state index contributed by atoms with van der Waals surface area (Å²) in [4.78, 5) is 15.6. The molecule has 1 N–H and O–H groups in total. The molecule has 4 nitrogen and oxygen atoms in total. The van der Waals surface area contributed by atoms with Crippen LogP contribution in [0.2, 0.25) is 0 Å². The molecule has 1 aromatic heterocycles. The van der Waals surface area contributed by atoms with Crippen LogP contribution < -0.4 is 10.2 Å². The highest BCUT2D eigenvalue weighted by atomic mass is 32.1. The molecule has 0 aliphatic carbocycles.